The van der Waals surface area contributed by atoms with E-state index in [-0.39, 0.29) is 11.5 Å². The van der Waals surface area contributed by atoms with Crippen molar-refractivity contribution < 1.29 is 9.53 Å². The Morgan fingerprint density at radius 2 is 1.54 bits per heavy atom. The molecule has 1 heterocycles. The van der Waals surface area contributed by atoms with Crippen molar-refractivity contribution in [2.75, 3.05) is 5.32 Å². The maximum Gasteiger partial charge on any atom is 0.258 e. The van der Waals surface area contributed by atoms with Crippen molar-refractivity contribution in [1.29, 1.82) is 0 Å². The van der Waals surface area contributed by atoms with Gasteiger partial charge in [-0.05, 0) is 85.9 Å². The van der Waals surface area contributed by atoms with Gasteiger partial charge in [-0.2, -0.15) is 0 Å². The highest BCUT2D eigenvalue weighted by Gasteiger charge is 2.24. The van der Waals surface area contributed by atoms with Crippen LogP contribution in [-0.2, 0) is 4.79 Å². The molecule has 2 saturated carbocycles. The number of fused-ring (bicyclic) bond motifs is 1. The maximum absolute atomic E-state index is 13.4. The number of hydrogen-bond acceptors (Lipinski definition) is 4. The third kappa shape index (κ3) is 6.07. The number of para-hydroxylation sites is 3. The normalized spacial score (nSPS) is 17.3. The van der Waals surface area contributed by atoms with Crippen molar-refractivity contribution in [1.82, 2.24) is 9.97 Å². The van der Waals surface area contributed by atoms with E-state index in [1.807, 2.05) is 30.3 Å². The number of ether oxygens (including phenoxy) is 1. The molecule has 2 aliphatic carbocycles. The standard InChI is InChI=1S/C35H39N3O3/c1-23(33-36-29-17-9-8-16-27(29)35(40)38-33)34(39)37-30-18-10-11-19-32(30)41-31-21-20-26(24-12-4-2-5-13-24)22-28(31)25-14-6-3-7-15-25/h8-11,16-25H,2-7,12-15H2,1H3,(H,37,39)(H,36,38,40). The number of H-pyrrole nitrogens is 1. The first kappa shape index (κ1) is 27.3. The molecule has 4 aromatic rings. The first-order valence-electron chi connectivity index (χ1n) is 15.3. The van der Waals surface area contributed by atoms with E-state index in [0.29, 0.717) is 40.0 Å². The monoisotopic (exact) mass is 549 g/mol. The Kier molecular flexibility index (Phi) is 8.17. The van der Waals surface area contributed by atoms with Gasteiger partial charge in [0.25, 0.3) is 5.56 Å². The molecule has 3 aromatic carbocycles. The lowest BCUT2D eigenvalue weighted by atomic mass is 9.79. The summed E-state index contributed by atoms with van der Waals surface area (Å²) in [6, 6.07) is 21.5. The Morgan fingerprint density at radius 3 is 2.32 bits per heavy atom. The number of aromatic amines is 1. The average Bonchev–Trinajstić information content (AvgIpc) is 3.02. The number of nitrogens with one attached hydrogen (secondary N) is 2. The molecule has 0 aliphatic heterocycles. The number of benzene rings is 3. The van der Waals surface area contributed by atoms with Crippen LogP contribution in [0.4, 0.5) is 5.69 Å². The Labute approximate surface area is 241 Å². The first-order valence-corrected chi connectivity index (χ1v) is 15.3. The lowest BCUT2D eigenvalue weighted by molar-refractivity contribution is -0.117. The predicted molar refractivity (Wildman–Crippen MR) is 164 cm³/mol. The second-order valence-corrected chi connectivity index (χ2v) is 11.7. The molecule has 0 radical (unpaired) electrons. The fraction of sp³-hybridized carbons (Fsp3) is 0.400. The summed E-state index contributed by atoms with van der Waals surface area (Å²) in [5.74, 6) is 2.04. The van der Waals surface area contributed by atoms with Crippen molar-refractivity contribution in [3.63, 3.8) is 0 Å². The van der Waals surface area contributed by atoms with Gasteiger partial charge in [-0.25, -0.2) is 4.98 Å². The van der Waals surface area contributed by atoms with E-state index in [1.165, 1.54) is 75.3 Å². The van der Waals surface area contributed by atoms with E-state index in [1.54, 1.807) is 25.1 Å². The van der Waals surface area contributed by atoms with Crippen molar-refractivity contribution in [2.24, 2.45) is 0 Å². The maximum atomic E-state index is 13.4. The van der Waals surface area contributed by atoms with E-state index in [0.717, 1.165) is 5.75 Å². The van der Waals surface area contributed by atoms with Gasteiger partial charge in [0, 0.05) is 0 Å². The van der Waals surface area contributed by atoms with Crippen LogP contribution in [0.25, 0.3) is 10.9 Å². The molecule has 2 fully saturated rings. The number of amides is 1. The highest BCUT2D eigenvalue weighted by atomic mass is 16.5. The minimum absolute atomic E-state index is 0.249. The molecule has 2 N–H and O–H groups in total. The number of carbonyl (C=O) groups is 1. The van der Waals surface area contributed by atoms with Crippen LogP contribution >= 0.6 is 0 Å². The lowest BCUT2D eigenvalue weighted by Gasteiger charge is -2.27. The third-order valence-electron chi connectivity index (χ3n) is 8.95. The Balaban J connectivity index is 1.26. The molecule has 1 unspecified atom stereocenters. The van der Waals surface area contributed by atoms with Crippen LogP contribution in [-0.4, -0.2) is 15.9 Å². The number of nitrogens with zero attached hydrogens (tertiary/aromatic N) is 1. The molecule has 41 heavy (non-hydrogen) atoms. The van der Waals surface area contributed by atoms with Crippen LogP contribution in [0.2, 0.25) is 0 Å². The van der Waals surface area contributed by atoms with Crippen LogP contribution < -0.4 is 15.6 Å². The number of carbonyl (C=O) groups excluding carboxylic acids is 1. The molecular weight excluding hydrogens is 510 g/mol. The summed E-state index contributed by atoms with van der Waals surface area (Å²) >= 11 is 0. The van der Waals surface area contributed by atoms with Crippen LogP contribution in [0.15, 0.2) is 71.5 Å². The molecule has 0 spiro atoms. The number of hydrogen-bond donors (Lipinski definition) is 2. The smallest absolute Gasteiger partial charge is 0.258 e. The van der Waals surface area contributed by atoms with Gasteiger partial charge in [0.05, 0.1) is 22.5 Å². The quantitative estimate of drug-likeness (QED) is 0.242. The van der Waals surface area contributed by atoms with Crippen LogP contribution in [0, 0.1) is 0 Å². The summed E-state index contributed by atoms with van der Waals surface area (Å²) in [6.07, 6.45) is 12.7. The average molecular weight is 550 g/mol. The first-order chi connectivity index (χ1) is 20.1. The second kappa shape index (κ2) is 12.3. The van der Waals surface area contributed by atoms with Gasteiger partial charge in [0.15, 0.2) is 5.75 Å². The second-order valence-electron chi connectivity index (χ2n) is 11.7. The summed E-state index contributed by atoms with van der Waals surface area (Å²) in [7, 11) is 0. The largest absolute Gasteiger partial charge is 0.455 e. The molecule has 6 heteroatoms. The zero-order valence-electron chi connectivity index (χ0n) is 23.8. The summed E-state index contributed by atoms with van der Waals surface area (Å²) < 4.78 is 6.61. The molecular formula is C35H39N3O3. The Bertz CT molecular complexity index is 1580. The van der Waals surface area contributed by atoms with Gasteiger partial charge in [-0.1, -0.05) is 74.9 Å². The van der Waals surface area contributed by atoms with E-state index < -0.39 is 5.92 Å². The third-order valence-corrected chi connectivity index (χ3v) is 8.95. The van der Waals surface area contributed by atoms with E-state index >= 15 is 0 Å². The zero-order chi connectivity index (χ0) is 28.2. The van der Waals surface area contributed by atoms with Gasteiger partial charge in [0.1, 0.15) is 11.6 Å². The van der Waals surface area contributed by atoms with E-state index in [9.17, 15) is 9.59 Å². The zero-order valence-corrected chi connectivity index (χ0v) is 23.8. The van der Waals surface area contributed by atoms with Crippen molar-refractivity contribution in [3.8, 4) is 11.5 Å². The minimum atomic E-state index is -0.659. The summed E-state index contributed by atoms with van der Waals surface area (Å²) in [4.78, 5) is 33.3. The van der Waals surface area contributed by atoms with Gasteiger partial charge in [-0.3, -0.25) is 9.59 Å². The molecule has 1 amide bonds. The molecule has 6 nitrogen and oxygen atoms in total. The van der Waals surface area contributed by atoms with E-state index in [4.69, 9.17) is 4.74 Å². The lowest BCUT2D eigenvalue weighted by Crippen LogP contribution is -2.23. The Hall–Kier alpha value is -3.93. The van der Waals surface area contributed by atoms with Crippen LogP contribution in [0.5, 0.6) is 11.5 Å². The fourth-order valence-corrected chi connectivity index (χ4v) is 6.53. The Morgan fingerprint density at radius 1 is 0.854 bits per heavy atom. The molecule has 1 atom stereocenters. The van der Waals surface area contributed by atoms with Crippen LogP contribution in [0.1, 0.15) is 106 Å². The molecule has 6 rings (SSSR count). The predicted octanol–water partition coefficient (Wildman–Crippen LogP) is 8.55. The van der Waals surface area contributed by atoms with Gasteiger partial charge in [-0.15, -0.1) is 0 Å². The summed E-state index contributed by atoms with van der Waals surface area (Å²) in [6.45, 7) is 1.75. The van der Waals surface area contributed by atoms with Gasteiger partial charge in [0.2, 0.25) is 5.91 Å². The summed E-state index contributed by atoms with van der Waals surface area (Å²) in [5, 5.41) is 3.54. The fourth-order valence-electron chi connectivity index (χ4n) is 6.53. The highest BCUT2D eigenvalue weighted by Crippen LogP contribution is 2.43. The molecule has 0 bridgehead atoms. The topological polar surface area (TPSA) is 84.1 Å². The molecule has 2 aliphatic rings. The van der Waals surface area contributed by atoms with E-state index in [2.05, 4.69) is 33.5 Å². The number of rotatable bonds is 7. The highest BCUT2D eigenvalue weighted by molar-refractivity contribution is 5.96. The van der Waals surface area contributed by atoms with Gasteiger partial charge >= 0.3 is 0 Å². The number of anilines is 1. The van der Waals surface area contributed by atoms with Crippen LogP contribution in [0.3, 0.4) is 0 Å². The van der Waals surface area contributed by atoms with Crippen molar-refractivity contribution >= 4 is 22.5 Å². The van der Waals surface area contributed by atoms with Crippen molar-refractivity contribution in [2.45, 2.75) is 88.9 Å². The summed E-state index contributed by atoms with van der Waals surface area (Å²) in [5.41, 5.74) is 3.67. The molecule has 1 aromatic heterocycles. The molecule has 212 valence electrons. The minimum Gasteiger partial charge on any atom is -0.455 e. The molecule has 0 saturated heterocycles. The number of aromatic nitrogens is 2. The SMILES string of the molecule is CC(C(=O)Nc1ccccc1Oc1ccc(C2CCCCC2)cc1C1CCCCC1)c1nc2ccccc2c(=O)[nH]1. The van der Waals surface area contributed by atoms with Gasteiger partial charge < -0.3 is 15.0 Å². The van der Waals surface area contributed by atoms with Crippen molar-refractivity contribution in [3.05, 3.63) is 94.0 Å².